The largest absolute Gasteiger partial charge is 0.338 e. The van der Waals surface area contributed by atoms with Crippen molar-refractivity contribution in [1.82, 2.24) is 15.5 Å². The van der Waals surface area contributed by atoms with E-state index in [-0.39, 0.29) is 23.5 Å². The number of likely N-dealkylation sites (tertiary alicyclic amines) is 1. The second-order valence-electron chi connectivity index (χ2n) is 6.82. The Kier molecular flexibility index (Phi) is 5.68. The number of carbonyl (C=O) groups excluding carboxylic acids is 2. The Morgan fingerprint density at radius 2 is 2.04 bits per heavy atom. The summed E-state index contributed by atoms with van der Waals surface area (Å²) in [5.74, 6) is 0.0935. The highest BCUT2D eigenvalue weighted by molar-refractivity contribution is 9.10. The monoisotopic (exact) mass is 381 g/mol. The van der Waals surface area contributed by atoms with E-state index in [4.69, 9.17) is 0 Å². The summed E-state index contributed by atoms with van der Waals surface area (Å²) in [5.41, 5.74) is 0.951. The van der Waals surface area contributed by atoms with Gasteiger partial charge in [-0.2, -0.15) is 0 Å². The van der Waals surface area contributed by atoms with Crippen LogP contribution in [0.4, 0.5) is 4.79 Å². The molecule has 2 rings (SSSR count). The Hall–Kier alpha value is -1.56. The van der Waals surface area contributed by atoms with Crippen LogP contribution in [0.5, 0.6) is 0 Å². The van der Waals surface area contributed by atoms with Crippen LogP contribution in [0, 0.1) is 0 Å². The van der Waals surface area contributed by atoms with Gasteiger partial charge in [0.2, 0.25) is 5.91 Å². The number of carbonyl (C=O) groups is 2. The van der Waals surface area contributed by atoms with E-state index in [9.17, 15) is 9.59 Å². The van der Waals surface area contributed by atoms with Crippen molar-refractivity contribution in [2.24, 2.45) is 0 Å². The second-order valence-corrected chi connectivity index (χ2v) is 7.67. The molecule has 0 spiro atoms. The quantitative estimate of drug-likeness (QED) is 0.841. The number of hydrogen-bond donors (Lipinski definition) is 2. The van der Waals surface area contributed by atoms with E-state index >= 15 is 0 Å². The van der Waals surface area contributed by atoms with Gasteiger partial charge in [-0.25, -0.2) is 4.79 Å². The second kappa shape index (κ2) is 7.34. The highest BCUT2D eigenvalue weighted by atomic mass is 79.9. The lowest BCUT2D eigenvalue weighted by Crippen LogP contribution is -2.46. The van der Waals surface area contributed by atoms with E-state index in [1.165, 1.54) is 0 Å². The van der Waals surface area contributed by atoms with E-state index in [1.54, 1.807) is 0 Å². The van der Waals surface area contributed by atoms with Gasteiger partial charge in [0.05, 0.1) is 6.04 Å². The summed E-state index contributed by atoms with van der Waals surface area (Å²) < 4.78 is 1.05. The van der Waals surface area contributed by atoms with Crippen LogP contribution in [0.3, 0.4) is 0 Å². The van der Waals surface area contributed by atoms with Crippen LogP contribution in [-0.2, 0) is 11.2 Å². The first-order valence-corrected chi connectivity index (χ1v) is 8.65. The van der Waals surface area contributed by atoms with Crippen LogP contribution in [0.15, 0.2) is 28.7 Å². The molecule has 1 aliphatic rings. The lowest BCUT2D eigenvalue weighted by atomic mass is 10.1. The molecule has 1 aliphatic heterocycles. The van der Waals surface area contributed by atoms with Crippen LogP contribution in [-0.4, -0.2) is 41.5 Å². The predicted octanol–water partition coefficient (Wildman–Crippen LogP) is 2.69. The van der Waals surface area contributed by atoms with Gasteiger partial charge in [-0.3, -0.25) is 4.79 Å². The maximum absolute atomic E-state index is 12.0. The Morgan fingerprint density at radius 1 is 1.35 bits per heavy atom. The van der Waals surface area contributed by atoms with Crippen molar-refractivity contribution in [3.05, 3.63) is 34.3 Å². The third kappa shape index (κ3) is 4.96. The van der Waals surface area contributed by atoms with Crippen molar-refractivity contribution < 1.29 is 9.59 Å². The molecule has 0 aromatic heterocycles. The number of nitrogens with zero attached hydrogens (tertiary/aromatic N) is 1. The minimum absolute atomic E-state index is 0.0935. The average molecular weight is 382 g/mol. The summed E-state index contributed by atoms with van der Waals surface area (Å²) in [7, 11) is 0. The van der Waals surface area contributed by atoms with Gasteiger partial charge in [0.15, 0.2) is 0 Å². The summed E-state index contributed by atoms with van der Waals surface area (Å²) in [6.07, 6.45) is 1.13. The zero-order chi connectivity index (χ0) is 17.0. The average Bonchev–Trinajstić information content (AvgIpc) is 2.81. The lowest BCUT2D eigenvalue weighted by Gasteiger charge is -2.32. The zero-order valence-electron chi connectivity index (χ0n) is 13.9. The van der Waals surface area contributed by atoms with Gasteiger partial charge in [-0.1, -0.05) is 34.1 Å². The van der Waals surface area contributed by atoms with Crippen molar-refractivity contribution in [3.63, 3.8) is 0 Å². The van der Waals surface area contributed by atoms with Gasteiger partial charge in [0, 0.05) is 29.5 Å². The minimum atomic E-state index is -0.217. The van der Waals surface area contributed by atoms with Crippen LogP contribution in [0.2, 0.25) is 0 Å². The molecule has 1 unspecified atom stereocenters. The molecule has 0 saturated carbocycles. The van der Waals surface area contributed by atoms with Crippen LogP contribution in [0.25, 0.3) is 0 Å². The number of halogens is 1. The Labute approximate surface area is 145 Å². The Morgan fingerprint density at radius 3 is 2.65 bits per heavy atom. The van der Waals surface area contributed by atoms with Crippen molar-refractivity contribution in [1.29, 1.82) is 0 Å². The first-order chi connectivity index (χ1) is 10.8. The highest BCUT2D eigenvalue weighted by Gasteiger charge is 2.36. The van der Waals surface area contributed by atoms with E-state index < -0.39 is 0 Å². The molecule has 1 aromatic rings. The highest BCUT2D eigenvalue weighted by Crippen LogP contribution is 2.21. The number of nitrogens with one attached hydrogen (secondary N) is 2. The lowest BCUT2D eigenvalue weighted by molar-refractivity contribution is -0.131. The van der Waals surface area contributed by atoms with E-state index in [1.807, 2.05) is 49.9 Å². The predicted molar refractivity (Wildman–Crippen MR) is 94.3 cm³/mol. The fraction of sp³-hybridized carbons (Fsp3) is 0.529. The third-order valence-electron chi connectivity index (χ3n) is 3.91. The molecule has 0 aliphatic carbocycles. The topological polar surface area (TPSA) is 61.4 Å². The van der Waals surface area contributed by atoms with Crippen molar-refractivity contribution in [3.8, 4) is 0 Å². The van der Waals surface area contributed by atoms with E-state index in [0.717, 1.165) is 16.5 Å². The fourth-order valence-electron chi connectivity index (χ4n) is 2.70. The maximum atomic E-state index is 12.0. The summed E-state index contributed by atoms with van der Waals surface area (Å²) in [4.78, 5) is 25.8. The fourth-order valence-corrected chi connectivity index (χ4v) is 3.18. The first-order valence-electron chi connectivity index (χ1n) is 7.85. The summed E-state index contributed by atoms with van der Waals surface area (Å²) in [6, 6.07) is 7.62. The van der Waals surface area contributed by atoms with Gasteiger partial charge in [-0.05, 0) is 38.8 Å². The Balaban J connectivity index is 1.76. The number of amides is 3. The maximum Gasteiger partial charge on any atom is 0.315 e. The van der Waals surface area contributed by atoms with E-state index in [0.29, 0.717) is 19.5 Å². The molecule has 0 bridgehead atoms. The Bertz CT molecular complexity index is 583. The molecule has 1 saturated heterocycles. The molecule has 0 radical (unpaired) electrons. The molecular weight excluding hydrogens is 358 g/mol. The number of hydrogen-bond acceptors (Lipinski definition) is 2. The van der Waals surface area contributed by atoms with Crippen molar-refractivity contribution in [2.75, 3.05) is 13.1 Å². The van der Waals surface area contributed by atoms with Crippen molar-refractivity contribution in [2.45, 2.75) is 45.2 Å². The minimum Gasteiger partial charge on any atom is -0.338 e. The molecule has 23 heavy (non-hydrogen) atoms. The SMILES string of the molecule is CC(C)(C)N1CC(NC(=O)NCCc2ccccc2Br)CC1=O. The van der Waals surface area contributed by atoms with E-state index in [2.05, 4.69) is 26.6 Å². The summed E-state index contributed by atoms with van der Waals surface area (Å²) >= 11 is 3.49. The molecule has 1 aromatic carbocycles. The van der Waals surface area contributed by atoms with Gasteiger partial charge < -0.3 is 15.5 Å². The summed E-state index contributed by atoms with van der Waals surface area (Å²) in [5, 5.41) is 5.74. The normalized spacial score (nSPS) is 18.2. The van der Waals surface area contributed by atoms with Crippen LogP contribution < -0.4 is 10.6 Å². The molecule has 1 atom stereocenters. The third-order valence-corrected chi connectivity index (χ3v) is 4.68. The standard InChI is InChI=1S/C17H24BrN3O2/c1-17(2,3)21-11-13(10-15(21)22)20-16(23)19-9-8-12-6-4-5-7-14(12)18/h4-7,13H,8-11H2,1-3H3,(H2,19,20,23). The molecule has 3 amide bonds. The van der Waals surface area contributed by atoms with Gasteiger partial charge in [0.25, 0.3) is 0 Å². The first kappa shape index (κ1) is 17.8. The van der Waals surface area contributed by atoms with Gasteiger partial charge >= 0.3 is 6.03 Å². The molecule has 1 heterocycles. The molecule has 126 valence electrons. The molecular formula is C17H24BrN3O2. The van der Waals surface area contributed by atoms with Crippen LogP contribution >= 0.6 is 15.9 Å². The molecule has 5 nitrogen and oxygen atoms in total. The number of benzene rings is 1. The van der Waals surface area contributed by atoms with Gasteiger partial charge in [0.1, 0.15) is 0 Å². The number of urea groups is 1. The molecule has 1 fully saturated rings. The summed E-state index contributed by atoms with van der Waals surface area (Å²) in [6.45, 7) is 7.14. The molecule has 2 N–H and O–H groups in total. The van der Waals surface area contributed by atoms with Gasteiger partial charge in [-0.15, -0.1) is 0 Å². The molecule has 6 heteroatoms. The zero-order valence-corrected chi connectivity index (χ0v) is 15.4. The van der Waals surface area contributed by atoms with Crippen molar-refractivity contribution >= 4 is 27.9 Å². The number of rotatable bonds is 4. The smallest absolute Gasteiger partial charge is 0.315 e. The van der Waals surface area contributed by atoms with Crippen LogP contribution in [0.1, 0.15) is 32.8 Å².